The van der Waals surface area contributed by atoms with Gasteiger partial charge in [-0.2, -0.15) is 0 Å². The zero-order valence-corrected chi connectivity index (χ0v) is 11.6. The Morgan fingerprint density at radius 3 is 2.84 bits per heavy atom. The molecular weight excluding hydrogens is 234 g/mol. The molecule has 0 spiro atoms. The van der Waals surface area contributed by atoms with E-state index >= 15 is 0 Å². The average Bonchev–Trinajstić information content (AvgIpc) is 3.14. The number of nitrogens with two attached hydrogens (primary N) is 1. The van der Waals surface area contributed by atoms with Crippen molar-refractivity contribution in [3.05, 3.63) is 35.5 Å². The van der Waals surface area contributed by atoms with E-state index in [0.29, 0.717) is 5.41 Å². The molecule has 0 radical (unpaired) electrons. The molecule has 102 valence electrons. The first-order chi connectivity index (χ1) is 9.24. The Labute approximate surface area is 114 Å². The number of hydrogen-bond acceptors (Lipinski definition) is 2. The number of H-pyrrole nitrogens is 1. The van der Waals surface area contributed by atoms with Crippen LogP contribution in [0.2, 0.25) is 0 Å². The Hall–Kier alpha value is -1.32. The molecule has 0 unspecified atom stereocenters. The van der Waals surface area contributed by atoms with E-state index in [4.69, 9.17) is 5.73 Å². The van der Waals surface area contributed by atoms with Crippen LogP contribution in [-0.4, -0.2) is 24.6 Å². The van der Waals surface area contributed by atoms with E-state index in [-0.39, 0.29) is 0 Å². The Bertz CT molecular complexity index is 566. The number of para-hydroxylation sites is 1. The third-order valence-electron chi connectivity index (χ3n) is 4.47. The van der Waals surface area contributed by atoms with Crippen LogP contribution in [0.15, 0.2) is 24.3 Å². The van der Waals surface area contributed by atoms with Crippen LogP contribution in [0.1, 0.15) is 24.1 Å². The van der Waals surface area contributed by atoms with Gasteiger partial charge in [-0.15, -0.1) is 0 Å². The van der Waals surface area contributed by atoms with Gasteiger partial charge in [-0.25, -0.2) is 0 Å². The highest BCUT2D eigenvalue weighted by atomic mass is 14.9. The number of nitrogens with one attached hydrogen (secondary N) is 2. The molecule has 0 bridgehead atoms. The van der Waals surface area contributed by atoms with Crippen molar-refractivity contribution in [3.8, 4) is 0 Å². The van der Waals surface area contributed by atoms with E-state index < -0.39 is 0 Å². The Morgan fingerprint density at radius 2 is 2.11 bits per heavy atom. The monoisotopic (exact) mass is 257 g/mol. The van der Waals surface area contributed by atoms with Crippen LogP contribution in [0, 0.1) is 12.3 Å². The molecule has 3 nitrogen and oxygen atoms in total. The molecule has 1 aliphatic rings. The second kappa shape index (κ2) is 4.99. The minimum Gasteiger partial charge on any atom is -0.358 e. The third kappa shape index (κ3) is 2.53. The largest absolute Gasteiger partial charge is 0.358 e. The van der Waals surface area contributed by atoms with Crippen LogP contribution >= 0.6 is 0 Å². The lowest BCUT2D eigenvalue weighted by atomic mass is 10.1. The number of aromatic amines is 1. The minimum absolute atomic E-state index is 0.426. The summed E-state index contributed by atoms with van der Waals surface area (Å²) in [5.41, 5.74) is 10.2. The minimum atomic E-state index is 0.426. The lowest BCUT2D eigenvalue weighted by Gasteiger charge is -2.13. The van der Waals surface area contributed by atoms with Crippen LogP contribution in [0.4, 0.5) is 0 Å². The third-order valence-corrected chi connectivity index (χ3v) is 4.47. The predicted molar refractivity (Wildman–Crippen MR) is 80.3 cm³/mol. The number of aromatic nitrogens is 1. The molecule has 0 saturated heterocycles. The fourth-order valence-electron chi connectivity index (χ4n) is 2.85. The fraction of sp³-hybridized carbons (Fsp3) is 0.500. The van der Waals surface area contributed by atoms with Crippen LogP contribution in [0.5, 0.6) is 0 Å². The summed E-state index contributed by atoms with van der Waals surface area (Å²) in [6.45, 7) is 5.10. The van der Waals surface area contributed by atoms with Crippen molar-refractivity contribution in [1.29, 1.82) is 0 Å². The summed E-state index contributed by atoms with van der Waals surface area (Å²) < 4.78 is 0. The van der Waals surface area contributed by atoms with Gasteiger partial charge in [-0.05, 0) is 56.3 Å². The Kier molecular flexibility index (Phi) is 3.33. The van der Waals surface area contributed by atoms with Crippen LogP contribution in [0.25, 0.3) is 10.9 Å². The maximum Gasteiger partial charge on any atom is 0.0458 e. The summed E-state index contributed by atoms with van der Waals surface area (Å²) in [6.07, 6.45) is 3.67. The van der Waals surface area contributed by atoms with Gasteiger partial charge >= 0.3 is 0 Å². The zero-order chi connectivity index (χ0) is 13.3. The maximum absolute atomic E-state index is 5.80. The molecule has 2 aromatic rings. The molecule has 1 aromatic heterocycles. The molecule has 0 amide bonds. The van der Waals surface area contributed by atoms with Gasteiger partial charge in [0.25, 0.3) is 0 Å². The summed E-state index contributed by atoms with van der Waals surface area (Å²) in [6, 6.07) is 8.54. The highest BCUT2D eigenvalue weighted by molar-refractivity contribution is 5.84. The van der Waals surface area contributed by atoms with E-state index in [1.54, 1.807) is 0 Å². The van der Waals surface area contributed by atoms with Crippen LogP contribution in [0.3, 0.4) is 0 Å². The van der Waals surface area contributed by atoms with Crippen molar-refractivity contribution < 1.29 is 0 Å². The summed E-state index contributed by atoms with van der Waals surface area (Å²) in [5.74, 6) is 0. The smallest absolute Gasteiger partial charge is 0.0458 e. The maximum atomic E-state index is 5.80. The van der Waals surface area contributed by atoms with Crippen LogP contribution < -0.4 is 11.1 Å². The van der Waals surface area contributed by atoms with Crippen molar-refractivity contribution in [2.45, 2.75) is 26.2 Å². The quantitative estimate of drug-likeness (QED) is 0.696. The molecule has 0 atom stereocenters. The van der Waals surface area contributed by atoms with Crippen molar-refractivity contribution in [2.75, 3.05) is 19.6 Å². The van der Waals surface area contributed by atoms with Gasteiger partial charge in [-0.3, -0.25) is 0 Å². The Balaban J connectivity index is 1.61. The van der Waals surface area contributed by atoms with Gasteiger partial charge in [0.05, 0.1) is 0 Å². The second-order valence-corrected chi connectivity index (χ2v) is 5.91. The summed E-state index contributed by atoms with van der Waals surface area (Å²) in [5, 5.41) is 4.94. The summed E-state index contributed by atoms with van der Waals surface area (Å²) in [4.78, 5) is 3.46. The number of hydrogen-bond donors (Lipinski definition) is 3. The SMILES string of the molecule is Cc1[nH]c2ccccc2c1CCNCC1(CN)CC1. The number of aryl methyl sites for hydroxylation is 1. The predicted octanol–water partition coefficient (Wildman–Crippen LogP) is 2.35. The molecule has 1 heterocycles. The first kappa shape index (κ1) is 12.7. The number of fused-ring (bicyclic) bond motifs is 1. The first-order valence-electron chi connectivity index (χ1n) is 7.21. The lowest BCUT2D eigenvalue weighted by molar-refractivity contribution is 0.470. The normalized spacial score (nSPS) is 16.9. The van der Waals surface area contributed by atoms with E-state index in [1.807, 2.05) is 0 Å². The second-order valence-electron chi connectivity index (χ2n) is 5.91. The van der Waals surface area contributed by atoms with E-state index in [1.165, 1.54) is 35.0 Å². The average molecular weight is 257 g/mol. The Morgan fingerprint density at radius 1 is 1.32 bits per heavy atom. The van der Waals surface area contributed by atoms with Crippen molar-refractivity contribution >= 4 is 10.9 Å². The van der Waals surface area contributed by atoms with Gasteiger partial charge in [-0.1, -0.05) is 18.2 Å². The molecule has 3 rings (SSSR count). The van der Waals surface area contributed by atoms with Gasteiger partial charge in [0.1, 0.15) is 0 Å². The zero-order valence-electron chi connectivity index (χ0n) is 11.6. The van der Waals surface area contributed by atoms with Crippen LogP contribution in [-0.2, 0) is 6.42 Å². The molecule has 0 aliphatic heterocycles. The topological polar surface area (TPSA) is 53.8 Å². The molecule has 1 aromatic carbocycles. The molecule has 1 saturated carbocycles. The van der Waals surface area contributed by atoms with Gasteiger partial charge in [0.2, 0.25) is 0 Å². The first-order valence-corrected chi connectivity index (χ1v) is 7.21. The van der Waals surface area contributed by atoms with Crippen molar-refractivity contribution in [2.24, 2.45) is 11.1 Å². The standard InChI is InChI=1S/C16H23N3/c1-12-13(14-4-2-3-5-15(14)19-12)6-9-18-11-16(10-17)7-8-16/h2-5,18-19H,6-11,17H2,1H3. The van der Waals surface area contributed by atoms with Crippen molar-refractivity contribution in [1.82, 2.24) is 10.3 Å². The van der Waals surface area contributed by atoms with Crippen molar-refractivity contribution in [3.63, 3.8) is 0 Å². The van der Waals surface area contributed by atoms with Gasteiger partial charge in [0.15, 0.2) is 0 Å². The number of benzene rings is 1. The van der Waals surface area contributed by atoms with E-state index in [0.717, 1.165) is 26.1 Å². The highest BCUT2D eigenvalue weighted by Gasteiger charge is 2.40. The lowest BCUT2D eigenvalue weighted by Crippen LogP contribution is -2.30. The van der Waals surface area contributed by atoms with Gasteiger partial charge < -0.3 is 16.0 Å². The molecule has 1 aliphatic carbocycles. The fourth-order valence-corrected chi connectivity index (χ4v) is 2.85. The molecular formula is C16H23N3. The van der Waals surface area contributed by atoms with Gasteiger partial charge in [0, 0.05) is 23.1 Å². The number of rotatable bonds is 6. The molecule has 1 fully saturated rings. The summed E-state index contributed by atoms with van der Waals surface area (Å²) in [7, 11) is 0. The molecule has 3 heteroatoms. The highest BCUT2D eigenvalue weighted by Crippen LogP contribution is 2.43. The molecule has 4 N–H and O–H groups in total. The van der Waals surface area contributed by atoms with E-state index in [2.05, 4.69) is 41.5 Å². The summed E-state index contributed by atoms with van der Waals surface area (Å²) >= 11 is 0. The van der Waals surface area contributed by atoms with E-state index in [9.17, 15) is 0 Å². The molecule has 19 heavy (non-hydrogen) atoms.